The SMILES string of the molecule is CCOC1CC(Cc2ncc(C(N)=O)c(N[C@H]3CCC[C@@H]3O)n2)C1. The van der Waals surface area contributed by atoms with E-state index in [0.29, 0.717) is 23.7 Å². The van der Waals surface area contributed by atoms with Crippen LogP contribution in [0.4, 0.5) is 5.82 Å². The van der Waals surface area contributed by atoms with Gasteiger partial charge >= 0.3 is 0 Å². The van der Waals surface area contributed by atoms with Gasteiger partial charge in [-0.3, -0.25) is 4.79 Å². The zero-order valence-corrected chi connectivity index (χ0v) is 14.1. The van der Waals surface area contributed by atoms with Gasteiger partial charge in [-0.1, -0.05) is 0 Å². The van der Waals surface area contributed by atoms with Crippen molar-refractivity contribution in [3.63, 3.8) is 0 Å². The Bertz CT molecular complexity index is 589. The maximum Gasteiger partial charge on any atom is 0.254 e. The minimum absolute atomic E-state index is 0.0862. The molecule has 2 aliphatic carbocycles. The number of nitrogens with two attached hydrogens (primary N) is 1. The summed E-state index contributed by atoms with van der Waals surface area (Å²) in [6, 6.07) is -0.0862. The number of ether oxygens (including phenoxy) is 1. The quantitative estimate of drug-likeness (QED) is 0.692. The molecule has 7 heteroatoms. The number of rotatable bonds is 7. The molecule has 24 heavy (non-hydrogen) atoms. The molecule has 0 spiro atoms. The Labute approximate surface area is 142 Å². The molecule has 0 bridgehead atoms. The number of carbonyl (C=O) groups excluding carboxylic acids is 1. The smallest absolute Gasteiger partial charge is 0.254 e. The first-order valence-electron chi connectivity index (χ1n) is 8.78. The summed E-state index contributed by atoms with van der Waals surface area (Å²) in [4.78, 5) is 20.4. The van der Waals surface area contributed by atoms with Crippen LogP contribution in [0.2, 0.25) is 0 Å². The van der Waals surface area contributed by atoms with E-state index in [4.69, 9.17) is 10.5 Å². The van der Waals surface area contributed by atoms with Crippen LogP contribution in [-0.2, 0) is 11.2 Å². The lowest BCUT2D eigenvalue weighted by Gasteiger charge is -2.34. The average molecular weight is 334 g/mol. The van der Waals surface area contributed by atoms with E-state index in [-0.39, 0.29) is 11.6 Å². The Kier molecular flexibility index (Phi) is 5.30. The largest absolute Gasteiger partial charge is 0.391 e. The summed E-state index contributed by atoms with van der Waals surface area (Å²) in [5.74, 6) is 1.11. The Morgan fingerprint density at radius 2 is 2.25 bits per heavy atom. The molecule has 3 rings (SSSR count). The molecule has 2 fully saturated rings. The standard InChI is InChI=1S/C17H26N4O3/c1-2-24-11-6-10(7-11)8-15-19-9-12(16(18)23)17(21-15)20-13-4-3-5-14(13)22/h9-11,13-14,22H,2-8H2,1H3,(H2,18,23)(H,19,20,21)/t10?,11?,13-,14-/m0/s1. The molecule has 0 unspecified atom stereocenters. The van der Waals surface area contributed by atoms with Crippen molar-refractivity contribution in [2.45, 2.75) is 63.7 Å². The van der Waals surface area contributed by atoms with Crippen LogP contribution in [0, 0.1) is 5.92 Å². The first kappa shape index (κ1) is 17.1. The Hall–Kier alpha value is -1.73. The van der Waals surface area contributed by atoms with E-state index in [9.17, 15) is 9.90 Å². The summed E-state index contributed by atoms with van der Waals surface area (Å²) >= 11 is 0. The third kappa shape index (κ3) is 3.84. The second-order valence-electron chi connectivity index (χ2n) is 6.78. The lowest BCUT2D eigenvalue weighted by Crippen LogP contribution is -2.33. The number of primary amides is 1. The highest BCUT2D eigenvalue weighted by Crippen LogP contribution is 2.32. The van der Waals surface area contributed by atoms with Crippen molar-refractivity contribution in [1.29, 1.82) is 0 Å². The van der Waals surface area contributed by atoms with Crippen molar-refractivity contribution in [1.82, 2.24) is 9.97 Å². The second kappa shape index (κ2) is 7.44. The predicted octanol–water partition coefficient (Wildman–Crippen LogP) is 1.26. The van der Waals surface area contributed by atoms with Crippen LogP contribution in [0.5, 0.6) is 0 Å². The zero-order chi connectivity index (χ0) is 17.1. The van der Waals surface area contributed by atoms with Crippen LogP contribution >= 0.6 is 0 Å². The predicted molar refractivity (Wildman–Crippen MR) is 89.7 cm³/mol. The normalized spacial score (nSPS) is 29.2. The van der Waals surface area contributed by atoms with Crippen molar-refractivity contribution in [3.05, 3.63) is 17.6 Å². The first-order valence-corrected chi connectivity index (χ1v) is 8.78. The molecule has 0 aromatic carbocycles. The number of aliphatic hydroxyl groups is 1. The van der Waals surface area contributed by atoms with Gasteiger partial charge in [0.15, 0.2) is 0 Å². The molecule has 2 saturated carbocycles. The zero-order valence-electron chi connectivity index (χ0n) is 14.1. The molecular formula is C17H26N4O3. The highest BCUT2D eigenvalue weighted by molar-refractivity contribution is 5.97. The monoisotopic (exact) mass is 334 g/mol. The molecule has 0 saturated heterocycles. The molecule has 1 heterocycles. The Morgan fingerprint density at radius 3 is 2.88 bits per heavy atom. The average Bonchev–Trinajstić information content (AvgIpc) is 2.90. The van der Waals surface area contributed by atoms with Gasteiger partial charge in [0, 0.05) is 19.2 Å². The highest BCUT2D eigenvalue weighted by atomic mass is 16.5. The number of nitrogens with one attached hydrogen (secondary N) is 1. The summed E-state index contributed by atoms with van der Waals surface area (Å²) in [6.45, 7) is 2.76. The van der Waals surface area contributed by atoms with Gasteiger partial charge in [0.05, 0.1) is 23.8 Å². The van der Waals surface area contributed by atoms with E-state index in [0.717, 1.165) is 45.1 Å². The van der Waals surface area contributed by atoms with Gasteiger partial charge in [-0.25, -0.2) is 9.97 Å². The minimum atomic E-state index is -0.559. The molecule has 1 aromatic rings. The molecule has 0 radical (unpaired) electrons. The molecule has 1 amide bonds. The number of aliphatic hydroxyl groups excluding tert-OH is 1. The van der Waals surface area contributed by atoms with Crippen LogP contribution < -0.4 is 11.1 Å². The Morgan fingerprint density at radius 1 is 1.46 bits per heavy atom. The molecular weight excluding hydrogens is 308 g/mol. The fraction of sp³-hybridized carbons (Fsp3) is 0.706. The third-order valence-corrected chi connectivity index (χ3v) is 4.97. The summed E-state index contributed by atoms with van der Waals surface area (Å²) in [7, 11) is 0. The molecule has 0 aliphatic heterocycles. The van der Waals surface area contributed by atoms with Gasteiger partial charge in [-0.2, -0.15) is 0 Å². The fourth-order valence-electron chi connectivity index (χ4n) is 3.56. The van der Waals surface area contributed by atoms with E-state index >= 15 is 0 Å². The number of hydrogen-bond donors (Lipinski definition) is 3. The molecule has 4 N–H and O–H groups in total. The van der Waals surface area contributed by atoms with Crippen LogP contribution in [0.3, 0.4) is 0 Å². The van der Waals surface area contributed by atoms with Gasteiger partial charge in [-0.05, 0) is 44.9 Å². The van der Waals surface area contributed by atoms with Gasteiger partial charge in [0.25, 0.3) is 5.91 Å². The maximum absolute atomic E-state index is 11.6. The Balaban J connectivity index is 1.68. The van der Waals surface area contributed by atoms with Crippen molar-refractivity contribution in [2.24, 2.45) is 11.7 Å². The summed E-state index contributed by atoms with van der Waals surface area (Å²) in [5.41, 5.74) is 5.70. The van der Waals surface area contributed by atoms with Crippen LogP contribution in [0.25, 0.3) is 0 Å². The van der Waals surface area contributed by atoms with E-state index in [1.165, 1.54) is 6.20 Å². The fourth-order valence-corrected chi connectivity index (χ4v) is 3.56. The van der Waals surface area contributed by atoms with Gasteiger partial charge in [0.2, 0.25) is 0 Å². The van der Waals surface area contributed by atoms with Gasteiger partial charge in [0.1, 0.15) is 11.6 Å². The molecule has 2 aliphatic rings. The number of carbonyl (C=O) groups is 1. The molecule has 132 valence electrons. The van der Waals surface area contributed by atoms with E-state index < -0.39 is 12.0 Å². The van der Waals surface area contributed by atoms with Gasteiger partial charge in [-0.15, -0.1) is 0 Å². The van der Waals surface area contributed by atoms with Crippen molar-refractivity contribution in [2.75, 3.05) is 11.9 Å². The topological polar surface area (TPSA) is 110 Å². The van der Waals surface area contributed by atoms with Crippen LogP contribution in [0.15, 0.2) is 6.20 Å². The van der Waals surface area contributed by atoms with Crippen molar-refractivity contribution < 1.29 is 14.6 Å². The van der Waals surface area contributed by atoms with E-state index in [2.05, 4.69) is 15.3 Å². The van der Waals surface area contributed by atoms with E-state index in [1.807, 2.05) is 6.92 Å². The lowest BCUT2D eigenvalue weighted by molar-refractivity contribution is -0.0245. The summed E-state index contributed by atoms with van der Waals surface area (Å²) < 4.78 is 5.58. The maximum atomic E-state index is 11.6. The van der Waals surface area contributed by atoms with E-state index in [1.54, 1.807) is 0 Å². The summed E-state index contributed by atoms with van der Waals surface area (Å²) in [5, 5.41) is 13.2. The van der Waals surface area contributed by atoms with Crippen LogP contribution in [-0.4, -0.2) is 45.8 Å². The molecule has 7 nitrogen and oxygen atoms in total. The molecule has 2 atom stereocenters. The highest BCUT2D eigenvalue weighted by Gasteiger charge is 2.31. The number of amides is 1. The number of hydrogen-bond acceptors (Lipinski definition) is 6. The summed E-state index contributed by atoms with van der Waals surface area (Å²) in [6.07, 6.45) is 6.84. The van der Waals surface area contributed by atoms with Crippen LogP contribution in [0.1, 0.15) is 55.2 Å². The van der Waals surface area contributed by atoms with Crippen molar-refractivity contribution in [3.8, 4) is 0 Å². The minimum Gasteiger partial charge on any atom is -0.391 e. The first-order chi connectivity index (χ1) is 11.6. The number of aromatic nitrogens is 2. The van der Waals surface area contributed by atoms with Gasteiger partial charge < -0.3 is 20.9 Å². The number of nitrogens with zero attached hydrogens (tertiary/aromatic N) is 2. The molecule has 1 aromatic heterocycles. The third-order valence-electron chi connectivity index (χ3n) is 4.97. The van der Waals surface area contributed by atoms with Crippen molar-refractivity contribution >= 4 is 11.7 Å². The second-order valence-corrected chi connectivity index (χ2v) is 6.78. The lowest BCUT2D eigenvalue weighted by atomic mass is 9.80. The number of anilines is 1.